The fourth-order valence-corrected chi connectivity index (χ4v) is 1.97. The summed E-state index contributed by atoms with van der Waals surface area (Å²) in [5, 5.41) is -4.61. The largest absolute Gasteiger partial charge is 0.454 e. The Balaban J connectivity index is 5.89. The molecule has 0 aromatic carbocycles. The second-order valence-corrected chi connectivity index (χ2v) is 5.76. The summed E-state index contributed by atoms with van der Waals surface area (Å²) >= 11 is 0. The Bertz CT molecular complexity index is 355. The van der Waals surface area contributed by atoms with Gasteiger partial charge in [0.2, 0.25) is 0 Å². The third-order valence-electron chi connectivity index (χ3n) is 2.22. The summed E-state index contributed by atoms with van der Waals surface area (Å²) in [6.07, 6.45) is -15.1. The molecule has 0 aliphatic carbocycles. The van der Waals surface area contributed by atoms with Gasteiger partial charge >= 0.3 is 25.9 Å². The SMILES string of the molecule is CC(CC(F)(F)F)(C(F)(F)C(F)(F)F)P(=O)(O)O. The molecule has 0 saturated carbocycles. The zero-order valence-corrected chi connectivity index (χ0v) is 9.38. The van der Waals surface area contributed by atoms with E-state index in [1.807, 2.05) is 0 Å². The molecule has 0 saturated heterocycles. The third-order valence-corrected chi connectivity index (χ3v) is 3.94. The number of halogens is 8. The predicted molar refractivity (Wildman–Crippen MR) is 42.1 cm³/mol. The molecule has 0 heterocycles. The van der Waals surface area contributed by atoms with Gasteiger partial charge in [0.05, 0.1) is 6.42 Å². The summed E-state index contributed by atoms with van der Waals surface area (Å²) in [7, 11) is -6.39. The van der Waals surface area contributed by atoms with Gasteiger partial charge in [-0.1, -0.05) is 0 Å². The van der Waals surface area contributed by atoms with Crippen LogP contribution in [0.3, 0.4) is 0 Å². The normalized spacial score (nSPS) is 18.6. The summed E-state index contributed by atoms with van der Waals surface area (Å²) in [6.45, 7) is -0.450. The van der Waals surface area contributed by atoms with E-state index in [9.17, 15) is 39.7 Å². The fraction of sp³-hybridized carbons (Fsp3) is 1.00. The van der Waals surface area contributed by atoms with E-state index in [0.717, 1.165) is 0 Å². The summed E-state index contributed by atoms with van der Waals surface area (Å²) in [5.74, 6) is -6.20. The molecule has 0 fully saturated rings. The van der Waals surface area contributed by atoms with Crippen LogP contribution in [0.4, 0.5) is 35.1 Å². The van der Waals surface area contributed by atoms with Crippen molar-refractivity contribution in [1.82, 2.24) is 0 Å². The van der Waals surface area contributed by atoms with Gasteiger partial charge < -0.3 is 9.79 Å². The molecule has 0 aliphatic heterocycles. The summed E-state index contributed by atoms with van der Waals surface area (Å²) in [5.41, 5.74) is 0. The van der Waals surface area contributed by atoms with Crippen LogP contribution in [0.1, 0.15) is 13.3 Å². The van der Waals surface area contributed by atoms with Gasteiger partial charge in [0, 0.05) is 0 Å². The highest BCUT2D eigenvalue weighted by molar-refractivity contribution is 7.53. The Morgan fingerprint density at radius 3 is 1.44 bits per heavy atom. The van der Waals surface area contributed by atoms with Gasteiger partial charge in [-0.2, -0.15) is 35.1 Å². The Labute approximate surface area is 94.9 Å². The van der Waals surface area contributed by atoms with Gasteiger partial charge in [-0.3, -0.25) is 4.57 Å². The molecule has 0 rings (SSSR count). The van der Waals surface area contributed by atoms with Crippen LogP contribution in [0.2, 0.25) is 0 Å². The van der Waals surface area contributed by atoms with Crippen LogP contribution in [0.15, 0.2) is 0 Å². The minimum absolute atomic E-state index is 0.450. The number of alkyl halides is 8. The number of hydrogen-bond donors (Lipinski definition) is 2. The smallest absolute Gasteiger partial charge is 0.324 e. The standard InChI is InChI=1S/C6H7F8O3P/c1-3(18(15,16)17,2-4(7,8)9)5(10,11)6(12,13)14/h2H2,1H3,(H2,15,16,17). The first kappa shape index (κ1) is 17.6. The Hall–Kier alpha value is -0.410. The zero-order chi connectivity index (χ0) is 15.2. The second kappa shape index (κ2) is 4.31. The van der Waals surface area contributed by atoms with Crippen LogP contribution >= 0.6 is 7.60 Å². The second-order valence-electron chi connectivity index (χ2n) is 3.68. The highest BCUT2D eigenvalue weighted by Crippen LogP contribution is 2.65. The van der Waals surface area contributed by atoms with Crippen LogP contribution in [0.5, 0.6) is 0 Å². The molecular formula is C6H7F8O3P. The molecule has 0 amide bonds. The van der Waals surface area contributed by atoms with E-state index in [1.165, 1.54) is 0 Å². The van der Waals surface area contributed by atoms with Gasteiger partial charge in [0.15, 0.2) is 5.16 Å². The van der Waals surface area contributed by atoms with E-state index < -0.39 is 44.4 Å². The Morgan fingerprint density at radius 1 is 0.944 bits per heavy atom. The minimum Gasteiger partial charge on any atom is -0.324 e. The van der Waals surface area contributed by atoms with Gasteiger partial charge in [0.1, 0.15) is 0 Å². The van der Waals surface area contributed by atoms with Crippen molar-refractivity contribution in [2.45, 2.75) is 36.8 Å². The molecule has 0 aliphatic rings. The van der Waals surface area contributed by atoms with Crippen LogP contribution in [0, 0.1) is 0 Å². The molecule has 110 valence electrons. The molecule has 1 atom stereocenters. The molecule has 0 radical (unpaired) electrons. The molecule has 18 heavy (non-hydrogen) atoms. The van der Waals surface area contributed by atoms with Crippen molar-refractivity contribution in [2.75, 3.05) is 0 Å². The van der Waals surface area contributed by atoms with E-state index in [4.69, 9.17) is 9.79 Å². The van der Waals surface area contributed by atoms with Crippen LogP contribution in [-0.4, -0.2) is 33.2 Å². The van der Waals surface area contributed by atoms with Crippen molar-refractivity contribution < 1.29 is 49.5 Å². The maximum Gasteiger partial charge on any atom is 0.454 e. The lowest BCUT2D eigenvalue weighted by molar-refractivity contribution is -0.304. The summed E-state index contributed by atoms with van der Waals surface area (Å²) in [6, 6.07) is 0. The summed E-state index contributed by atoms with van der Waals surface area (Å²) in [4.78, 5) is 16.9. The average molecular weight is 310 g/mol. The summed E-state index contributed by atoms with van der Waals surface area (Å²) < 4.78 is 108. The molecule has 0 spiro atoms. The lowest BCUT2D eigenvalue weighted by Crippen LogP contribution is -2.56. The van der Waals surface area contributed by atoms with Crippen LogP contribution < -0.4 is 0 Å². The molecule has 3 nitrogen and oxygen atoms in total. The van der Waals surface area contributed by atoms with Gasteiger partial charge in [-0.05, 0) is 6.92 Å². The van der Waals surface area contributed by atoms with E-state index in [-0.39, 0.29) is 0 Å². The van der Waals surface area contributed by atoms with Gasteiger partial charge in [-0.25, -0.2) is 0 Å². The average Bonchev–Trinajstić information content (AvgIpc) is 1.95. The molecule has 0 bridgehead atoms. The third kappa shape index (κ3) is 3.12. The monoisotopic (exact) mass is 310 g/mol. The maximum absolute atomic E-state index is 12.9. The molecule has 0 aromatic heterocycles. The lowest BCUT2D eigenvalue weighted by atomic mass is 9.97. The highest BCUT2D eigenvalue weighted by atomic mass is 31.2. The van der Waals surface area contributed by atoms with Crippen molar-refractivity contribution in [2.24, 2.45) is 0 Å². The zero-order valence-electron chi connectivity index (χ0n) is 8.48. The van der Waals surface area contributed by atoms with Crippen molar-refractivity contribution in [3.63, 3.8) is 0 Å². The molecule has 12 heteroatoms. The molecule has 2 N–H and O–H groups in total. The van der Waals surface area contributed by atoms with Crippen LogP contribution in [0.25, 0.3) is 0 Å². The molecule has 0 aromatic rings. The Morgan fingerprint density at radius 2 is 1.28 bits per heavy atom. The van der Waals surface area contributed by atoms with Crippen molar-refractivity contribution in [1.29, 1.82) is 0 Å². The van der Waals surface area contributed by atoms with Crippen LogP contribution in [-0.2, 0) is 4.57 Å². The van der Waals surface area contributed by atoms with Gasteiger partial charge in [0.25, 0.3) is 0 Å². The molecular weight excluding hydrogens is 303 g/mol. The topological polar surface area (TPSA) is 57.5 Å². The van der Waals surface area contributed by atoms with E-state index in [2.05, 4.69) is 0 Å². The molecule has 1 unspecified atom stereocenters. The number of hydrogen-bond acceptors (Lipinski definition) is 1. The van der Waals surface area contributed by atoms with Crippen molar-refractivity contribution >= 4 is 7.60 Å². The van der Waals surface area contributed by atoms with Gasteiger partial charge in [-0.15, -0.1) is 0 Å². The predicted octanol–water partition coefficient (Wildman–Crippen LogP) is 3.07. The number of rotatable bonds is 3. The minimum atomic E-state index is -6.52. The lowest BCUT2D eigenvalue weighted by Gasteiger charge is -2.38. The van der Waals surface area contributed by atoms with Crippen molar-refractivity contribution in [3.8, 4) is 0 Å². The van der Waals surface area contributed by atoms with E-state index >= 15 is 0 Å². The van der Waals surface area contributed by atoms with E-state index in [0.29, 0.717) is 0 Å². The first-order valence-corrected chi connectivity index (χ1v) is 5.64. The first-order chi connectivity index (χ1) is 7.46. The van der Waals surface area contributed by atoms with E-state index in [1.54, 1.807) is 0 Å². The van der Waals surface area contributed by atoms with Crippen molar-refractivity contribution in [3.05, 3.63) is 0 Å². The highest BCUT2D eigenvalue weighted by Gasteiger charge is 2.76. The fourth-order valence-electron chi connectivity index (χ4n) is 1.09. The first-order valence-electron chi connectivity index (χ1n) is 4.03. The maximum atomic E-state index is 12.9. The quantitative estimate of drug-likeness (QED) is 0.622. The Kier molecular flexibility index (Phi) is 4.21.